The van der Waals surface area contributed by atoms with Gasteiger partial charge in [-0.25, -0.2) is 4.98 Å². The number of halogens is 2. The maximum absolute atomic E-state index is 13.3. The molecule has 0 aliphatic heterocycles. The van der Waals surface area contributed by atoms with Crippen LogP contribution in [0.2, 0.25) is 0 Å². The Morgan fingerprint density at radius 2 is 1.36 bits per heavy atom. The molecule has 0 fully saturated rings. The van der Waals surface area contributed by atoms with Crippen molar-refractivity contribution in [3.63, 3.8) is 0 Å². The van der Waals surface area contributed by atoms with E-state index in [-0.39, 0.29) is 11.0 Å². The molecule has 138 valence electrons. The number of carbonyl (C=O) groups excluding carboxylic acids is 2. The van der Waals surface area contributed by atoms with Gasteiger partial charge in [0, 0.05) is 14.5 Å². The van der Waals surface area contributed by atoms with Gasteiger partial charge in [0.1, 0.15) is 0 Å². The Hall–Kier alpha value is -2.22. The number of hydrogen-bond acceptors (Lipinski definition) is 4. The summed E-state index contributed by atoms with van der Waals surface area (Å²) in [5.74, 6) is -0.247. The Morgan fingerprint density at radius 3 is 2.04 bits per heavy atom. The third-order valence-corrected chi connectivity index (χ3v) is 6.36. The number of rotatable bonds is 3. The van der Waals surface area contributed by atoms with Crippen molar-refractivity contribution < 1.29 is 9.59 Å². The number of carbonyl (C=O) groups is 2. The molecule has 3 aromatic carbocycles. The number of hydrogen-bond donors (Lipinski definition) is 0. The van der Waals surface area contributed by atoms with E-state index >= 15 is 0 Å². The second-order valence-electron chi connectivity index (χ2n) is 5.87. The van der Waals surface area contributed by atoms with Crippen LogP contribution < -0.4 is 0 Å². The van der Waals surface area contributed by atoms with Gasteiger partial charge in [-0.15, -0.1) is 0 Å². The minimum absolute atomic E-state index is 0.191. The highest BCUT2D eigenvalue weighted by molar-refractivity contribution is 9.10. The Morgan fingerprint density at radius 1 is 0.786 bits per heavy atom. The molecule has 4 aromatic rings. The normalized spacial score (nSPS) is 10.9. The van der Waals surface area contributed by atoms with Gasteiger partial charge in [0.05, 0.1) is 16.6 Å². The average molecular weight is 516 g/mol. The van der Waals surface area contributed by atoms with Crippen molar-refractivity contribution >= 4 is 65.7 Å². The minimum Gasteiger partial charge on any atom is -0.281 e. The van der Waals surface area contributed by atoms with Crippen molar-refractivity contribution in [3.05, 3.63) is 92.9 Å². The fraction of sp³-hybridized carbons (Fsp3) is 0. The van der Waals surface area contributed by atoms with Gasteiger partial charge in [0.15, 0.2) is 5.16 Å². The van der Waals surface area contributed by atoms with E-state index in [1.54, 1.807) is 24.3 Å². The standard InChI is InChI=1S/C21H12Br2N2O2S/c22-15-9-3-1-7-13(15)19(26)25-18-12-6-5-11-17(18)24-21(25)28-20(27)14-8-2-4-10-16(14)23/h1-12H. The third-order valence-electron chi connectivity index (χ3n) is 4.12. The number of imidazole rings is 1. The van der Waals surface area contributed by atoms with E-state index in [2.05, 4.69) is 36.8 Å². The number of thioether (sulfide) groups is 1. The van der Waals surface area contributed by atoms with Crippen LogP contribution in [-0.2, 0) is 0 Å². The summed E-state index contributed by atoms with van der Waals surface area (Å²) >= 11 is 7.78. The summed E-state index contributed by atoms with van der Waals surface area (Å²) in [6, 6.07) is 21.7. The van der Waals surface area contributed by atoms with E-state index in [1.165, 1.54) is 4.57 Å². The van der Waals surface area contributed by atoms with Gasteiger partial charge >= 0.3 is 0 Å². The molecule has 0 saturated carbocycles. The SMILES string of the molecule is O=C(Sc1nc2ccccc2n1C(=O)c1ccccc1Br)c1ccccc1Br. The smallest absolute Gasteiger partial charge is 0.265 e. The molecule has 1 aromatic heterocycles. The second-order valence-corrected chi connectivity index (χ2v) is 8.52. The molecular weight excluding hydrogens is 504 g/mol. The van der Waals surface area contributed by atoms with Crippen LogP contribution in [0.15, 0.2) is 86.9 Å². The molecule has 0 atom stereocenters. The molecule has 7 heteroatoms. The molecule has 0 unspecified atom stereocenters. The van der Waals surface area contributed by atoms with Crippen molar-refractivity contribution in [1.82, 2.24) is 9.55 Å². The lowest BCUT2D eigenvalue weighted by Gasteiger charge is -2.09. The molecule has 1 heterocycles. The van der Waals surface area contributed by atoms with Crippen LogP contribution in [0.3, 0.4) is 0 Å². The Balaban J connectivity index is 1.82. The zero-order chi connectivity index (χ0) is 19.7. The van der Waals surface area contributed by atoms with E-state index < -0.39 is 0 Å². The lowest BCUT2D eigenvalue weighted by atomic mass is 10.2. The lowest BCUT2D eigenvalue weighted by Crippen LogP contribution is -2.14. The second kappa shape index (κ2) is 8.03. The number of benzene rings is 3. The van der Waals surface area contributed by atoms with Crippen molar-refractivity contribution in [2.75, 3.05) is 0 Å². The molecule has 4 rings (SSSR count). The fourth-order valence-electron chi connectivity index (χ4n) is 2.79. The molecule has 0 saturated heterocycles. The maximum Gasteiger partial charge on any atom is 0.265 e. The number of nitrogens with zero attached hydrogens (tertiary/aromatic N) is 2. The molecule has 0 aliphatic carbocycles. The van der Waals surface area contributed by atoms with Crippen LogP contribution in [0.1, 0.15) is 20.7 Å². The fourth-order valence-corrected chi connectivity index (χ4v) is 4.71. The van der Waals surface area contributed by atoms with E-state index in [1.807, 2.05) is 48.5 Å². The predicted octanol–water partition coefficient (Wildman–Crippen LogP) is 6.18. The van der Waals surface area contributed by atoms with Crippen LogP contribution in [0.4, 0.5) is 0 Å². The van der Waals surface area contributed by atoms with Crippen LogP contribution in [0.5, 0.6) is 0 Å². The highest BCUT2D eigenvalue weighted by Gasteiger charge is 2.23. The molecule has 0 amide bonds. The van der Waals surface area contributed by atoms with Gasteiger partial charge in [-0.05, 0) is 64.1 Å². The summed E-state index contributed by atoms with van der Waals surface area (Å²) in [6.45, 7) is 0. The molecule has 4 nitrogen and oxygen atoms in total. The predicted molar refractivity (Wildman–Crippen MR) is 118 cm³/mol. The molecule has 28 heavy (non-hydrogen) atoms. The molecule has 0 radical (unpaired) electrons. The summed E-state index contributed by atoms with van der Waals surface area (Å²) < 4.78 is 2.88. The van der Waals surface area contributed by atoms with E-state index in [9.17, 15) is 9.59 Å². The van der Waals surface area contributed by atoms with E-state index in [0.717, 1.165) is 11.8 Å². The first-order valence-electron chi connectivity index (χ1n) is 8.29. The Kier molecular flexibility index (Phi) is 5.48. The highest BCUT2D eigenvalue weighted by atomic mass is 79.9. The van der Waals surface area contributed by atoms with E-state index in [0.29, 0.717) is 36.3 Å². The van der Waals surface area contributed by atoms with Crippen LogP contribution in [0, 0.1) is 0 Å². The summed E-state index contributed by atoms with van der Waals surface area (Å²) in [6.07, 6.45) is 0. The quantitative estimate of drug-likeness (QED) is 0.305. The van der Waals surface area contributed by atoms with E-state index in [4.69, 9.17) is 0 Å². The summed E-state index contributed by atoms with van der Waals surface area (Å²) in [7, 11) is 0. The minimum atomic E-state index is -0.247. The van der Waals surface area contributed by atoms with Crippen molar-refractivity contribution in [2.45, 2.75) is 5.16 Å². The zero-order valence-electron chi connectivity index (χ0n) is 14.3. The van der Waals surface area contributed by atoms with Gasteiger partial charge in [0.2, 0.25) is 5.12 Å². The average Bonchev–Trinajstić information content (AvgIpc) is 3.06. The molecule has 0 bridgehead atoms. The largest absolute Gasteiger partial charge is 0.281 e. The number of fused-ring (bicyclic) bond motifs is 1. The number of aromatic nitrogens is 2. The Labute approximate surface area is 182 Å². The summed E-state index contributed by atoms with van der Waals surface area (Å²) in [4.78, 5) is 30.7. The summed E-state index contributed by atoms with van der Waals surface area (Å²) in [5, 5.41) is 0.145. The monoisotopic (exact) mass is 514 g/mol. The first-order valence-corrected chi connectivity index (χ1v) is 10.7. The molecule has 0 spiro atoms. The zero-order valence-corrected chi connectivity index (χ0v) is 18.3. The molecular formula is C21H12Br2N2O2S. The van der Waals surface area contributed by atoms with Gasteiger partial charge in [-0.1, -0.05) is 52.3 Å². The highest BCUT2D eigenvalue weighted by Crippen LogP contribution is 2.31. The van der Waals surface area contributed by atoms with Gasteiger partial charge in [-0.2, -0.15) is 0 Å². The lowest BCUT2D eigenvalue weighted by molar-refractivity contribution is 0.0954. The van der Waals surface area contributed by atoms with Crippen LogP contribution in [-0.4, -0.2) is 20.6 Å². The van der Waals surface area contributed by atoms with Gasteiger partial charge in [0.25, 0.3) is 5.91 Å². The topological polar surface area (TPSA) is 52.0 Å². The first-order chi connectivity index (χ1) is 13.6. The summed E-state index contributed by atoms with van der Waals surface area (Å²) in [5.41, 5.74) is 2.34. The molecule has 0 aliphatic rings. The molecule has 0 N–H and O–H groups in total. The van der Waals surface area contributed by atoms with Crippen molar-refractivity contribution in [1.29, 1.82) is 0 Å². The maximum atomic E-state index is 13.3. The van der Waals surface area contributed by atoms with Crippen molar-refractivity contribution in [2.24, 2.45) is 0 Å². The van der Waals surface area contributed by atoms with Crippen LogP contribution in [0.25, 0.3) is 11.0 Å². The Bertz CT molecular complexity index is 1220. The van der Waals surface area contributed by atoms with Crippen molar-refractivity contribution in [3.8, 4) is 0 Å². The van der Waals surface area contributed by atoms with Gasteiger partial charge in [-0.3, -0.25) is 14.2 Å². The third kappa shape index (κ3) is 3.57. The first kappa shape index (κ1) is 19.1. The van der Waals surface area contributed by atoms with Gasteiger partial charge < -0.3 is 0 Å². The van der Waals surface area contributed by atoms with Crippen LogP contribution >= 0.6 is 43.6 Å². The number of para-hydroxylation sites is 2.